The Labute approximate surface area is 230 Å². The first-order chi connectivity index (χ1) is 19.4. The second kappa shape index (κ2) is 10.6. The Balaban J connectivity index is 1.15. The molecule has 1 saturated heterocycles. The normalized spacial score (nSPS) is 19.3. The number of hydrogen-bond donors (Lipinski definition) is 2. The molecule has 4 aromatic rings. The number of benzene rings is 2. The number of esters is 1. The van der Waals surface area contributed by atoms with E-state index in [2.05, 4.69) is 42.9 Å². The molecule has 2 aliphatic rings. The molecule has 40 heavy (non-hydrogen) atoms. The molecule has 1 amide bonds. The lowest BCUT2D eigenvalue weighted by atomic mass is 9.79. The molecule has 0 saturated carbocycles. The second-order valence-corrected chi connectivity index (χ2v) is 10.4. The minimum atomic E-state index is -0.718. The smallest absolute Gasteiger partial charge is 0.338 e. The molecule has 4 heterocycles. The molecule has 6 rings (SSSR count). The summed E-state index contributed by atoms with van der Waals surface area (Å²) in [6.07, 6.45) is 3.12. The summed E-state index contributed by atoms with van der Waals surface area (Å²) in [6.45, 7) is 4.48. The van der Waals surface area contributed by atoms with E-state index in [1.54, 1.807) is 24.4 Å². The number of carbonyl (C=O) groups excluding carboxylic acids is 2. The highest BCUT2D eigenvalue weighted by molar-refractivity contribution is 5.94. The van der Waals surface area contributed by atoms with Crippen LogP contribution in [0.4, 0.5) is 0 Å². The van der Waals surface area contributed by atoms with Crippen molar-refractivity contribution in [3.63, 3.8) is 0 Å². The number of amides is 1. The van der Waals surface area contributed by atoms with Crippen LogP contribution in [0.2, 0.25) is 0 Å². The maximum absolute atomic E-state index is 13.1. The van der Waals surface area contributed by atoms with Gasteiger partial charge in [0.1, 0.15) is 18.6 Å². The van der Waals surface area contributed by atoms with Crippen molar-refractivity contribution in [1.82, 2.24) is 35.4 Å². The summed E-state index contributed by atoms with van der Waals surface area (Å²) in [4.78, 5) is 31.5. The van der Waals surface area contributed by atoms with Crippen molar-refractivity contribution in [3.05, 3.63) is 101 Å². The molecule has 2 aromatic carbocycles. The van der Waals surface area contributed by atoms with Gasteiger partial charge in [-0.1, -0.05) is 36.4 Å². The van der Waals surface area contributed by atoms with Crippen LogP contribution in [0.15, 0.2) is 67.1 Å². The van der Waals surface area contributed by atoms with Crippen LogP contribution in [0.3, 0.4) is 0 Å². The molecule has 0 aliphatic carbocycles. The van der Waals surface area contributed by atoms with Crippen molar-refractivity contribution in [2.45, 2.75) is 31.5 Å². The van der Waals surface area contributed by atoms with Gasteiger partial charge in [0.05, 0.1) is 23.6 Å². The van der Waals surface area contributed by atoms with Crippen molar-refractivity contribution in [2.24, 2.45) is 0 Å². The summed E-state index contributed by atoms with van der Waals surface area (Å²) in [5.74, 6) is -0.574. The maximum atomic E-state index is 13.1. The van der Waals surface area contributed by atoms with E-state index in [-0.39, 0.29) is 23.9 Å². The lowest BCUT2D eigenvalue weighted by Gasteiger charge is -2.31. The Bertz CT molecular complexity index is 1530. The van der Waals surface area contributed by atoms with Gasteiger partial charge in [-0.15, -0.1) is 5.10 Å². The van der Waals surface area contributed by atoms with Crippen molar-refractivity contribution in [2.75, 3.05) is 26.2 Å². The summed E-state index contributed by atoms with van der Waals surface area (Å²) < 4.78 is 6.64. The van der Waals surface area contributed by atoms with Crippen molar-refractivity contribution < 1.29 is 19.4 Å². The van der Waals surface area contributed by atoms with Gasteiger partial charge in [0.15, 0.2) is 0 Å². The van der Waals surface area contributed by atoms with E-state index in [1.807, 2.05) is 31.2 Å². The number of pyridine rings is 1. The Morgan fingerprint density at radius 3 is 2.77 bits per heavy atom. The van der Waals surface area contributed by atoms with E-state index < -0.39 is 6.10 Å². The van der Waals surface area contributed by atoms with Crippen molar-refractivity contribution in [3.8, 4) is 5.69 Å². The third-order valence-electron chi connectivity index (χ3n) is 8.00. The molecule has 0 radical (unpaired) electrons. The van der Waals surface area contributed by atoms with Gasteiger partial charge in [-0.05, 0) is 65.2 Å². The summed E-state index contributed by atoms with van der Waals surface area (Å²) >= 11 is 0. The number of nitrogens with zero attached hydrogens (tertiary/aromatic N) is 6. The van der Waals surface area contributed by atoms with Crippen LogP contribution in [-0.4, -0.2) is 73.3 Å². The first-order valence-electron chi connectivity index (χ1n) is 13.2. The summed E-state index contributed by atoms with van der Waals surface area (Å²) in [5.41, 5.74) is 4.91. The molecule has 1 unspecified atom stereocenters. The zero-order chi connectivity index (χ0) is 27.7. The molecule has 11 heteroatoms. The number of ether oxygens (including phenoxy) is 1. The first kappa shape index (κ1) is 25.8. The molecule has 2 atom stereocenters. The average Bonchev–Trinajstić information content (AvgIpc) is 3.74. The van der Waals surface area contributed by atoms with Gasteiger partial charge in [0.25, 0.3) is 5.91 Å². The van der Waals surface area contributed by atoms with Gasteiger partial charge in [-0.2, -0.15) is 4.68 Å². The lowest BCUT2D eigenvalue weighted by molar-refractivity contribution is 0.0534. The minimum absolute atomic E-state index is 0.246. The number of rotatable bonds is 8. The zero-order valence-corrected chi connectivity index (χ0v) is 22.0. The van der Waals surface area contributed by atoms with Crippen LogP contribution in [-0.2, 0) is 16.8 Å². The van der Waals surface area contributed by atoms with Gasteiger partial charge >= 0.3 is 5.97 Å². The number of cyclic esters (lactones) is 1. The van der Waals surface area contributed by atoms with Crippen LogP contribution >= 0.6 is 0 Å². The highest BCUT2D eigenvalue weighted by atomic mass is 16.5. The number of aliphatic hydroxyl groups excluding tert-OH is 1. The van der Waals surface area contributed by atoms with E-state index in [9.17, 15) is 14.7 Å². The number of tetrazole rings is 1. The quantitative estimate of drug-likeness (QED) is 0.323. The Hall–Kier alpha value is -4.48. The summed E-state index contributed by atoms with van der Waals surface area (Å²) in [6, 6.07) is 17.1. The fourth-order valence-corrected chi connectivity index (χ4v) is 5.73. The number of aromatic nitrogens is 5. The number of nitrogens with one attached hydrogen (secondary N) is 1. The number of carbonyl (C=O) groups is 2. The molecule has 0 bridgehead atoms. The summed E-state index contributed by atoms with van der Waals surface area (Å²) in [7, 11) is 0. The number of likely N-dealkylation sites (tertiary alicyclic amines) is 1. The molecular formula is C29H29N7O4. The van der Waals surface area contributed by atoms with Crippen LogP contribution in [0.25, 0.3) is 5.69 Å². The number of hydrogen-bond acceptors (Lipinski definition) is 9. The third-order valence-corrected chi connectivity index (χ3v) is 8.00. The van der Waals surface area contributed by atoms with Gasteiger partial charge < -0.3 is 15.2 Å². The molecule has 2 aromatic heterocycles. The highest BCUT2D eigenvalue weighted by Gasteiger charge is 2.40. The Morgan fingerprint density at radius 2 is 2.02 bits per heavy atom. The molecule has 2 aliphatic heterocycles. The van der Waals surface area contributed by atoms with Crippen LogP contribution in [0.5, 0.6) is 0 Å². The highest BCUT2D eigenvalue weighted by Crippen LogP contribution is 2.36. The van der Waals surface area contributed by atoms with Crippen molar-refractivity contribution in [1.29, 1.82) is 0 Å². The van der Waals surface area contributed by atoms with Gasteiger partial charge in [0, 0.05) is 30.6 Å². The van der Waals surface area contributed by atoms with E-state index in [4.69, 9.17) is 4.74 Å². The first-order valence-corrected chi connectivity index (χ1v) is 13.2. The second-order valence-electron chi connectivity index (χ2n) is 10.4. The Kier molecular flexibility index (Phi) is 6.82. The molecule has 0 spiro atoms. The van der Waals surface area contributed by atoms with E-state index in [1.165, 1.54) is 11.0 Å². The third kappa shape index (κ3) is 4.85. The SMILES string of the molecule is Cc1c([C@@H](O)CN2CCC(CNC(=O)c3ccc(-n4cnnn4)cn3)(c3ccccc3)C2)ccc2c1COC2=O. The van der Waals surface area contributed by atoms with Gasteiger partial charge in [-0.25, -0.2) is 9.78 Å². The maximum Gasteiger partial charge on any atom is 0.338 e. The van der Waals surface area contributed by atoms with E-state index in [0.29, 0.717) is 36.6 Å². The topological polar surface area (TPSA) is 135 Å². The predicted octanol–water partition coefficient (Wildman–Crippen LogP) is 2.14. The Morgan fingerprint density at radius 1 is 1.18 bits per heavy atom. The van der Waals surface area contributed by atoms with Crippen LogP contribution in [0, 0.1) is 6.92 Å². The van der Waals surface area contributed by atoms with Crippen LogP contribution in [0.1, 0.15) is 55.6 Å². The number of β-amino-alcohol motifs (C(OH)–C–C–N with tert-alkyl or cyclic N) is 1. The summed E-state index contributed by atoms with van der Waals surface area (Å²) in [5, 5.41) is 25.4. The van der Waals surface area contributed by atoms with Crippen molar-refractivity contribution >= 4 is 11.9 Å². The monoisotopic (exact) mass is 539 g/mol. The largest absolute Gasteiger partial charge is 0.457 e. The number of aliphatic hydroxyl groups is 1. The fraction of sp³-hybridized carbons (Fsp3) is 0.310. The van der Waals surface area contributed by atoms with Gasteiger partial charge in [-0.3, -0.25) is 9.69 Å². The standard InChI is InChI=1S/C29H29N7O4/c1-19-22(8-9-23-24(19)15-40-28(23)39)26(37)14-35-12-11-29(17-35,20-5-3-2-4-6-20)16-31-27(38)25-10-7-21(13-30-25)36-18-32-33-34-36/h2-10,13,18,26,37H,11-12,14-17H2,1H3,(H,31,38)/t26-,29?/m0/s1. The average molecular weight is 540 g/mol. The molecule has 204 valence electrons. The minimum Gasteiger partial charge on any atom is -0.457 e. The zero-order valence-electron chi connectivity index (χ0n) is 22.0. The lowest BCUT2D eigenvalue weighted by Crippen LogP contribution is -2.43. The fourth-order valence-electron chi connectivity index (χ4n) is 5.73. The van der Waals surface area contributed by atoms with Gasteiger partial charge in [0.2, 0.25) is 0 Å². The predicted molar refractivity (Wildman–Crippen MR) is 144 cm³/mol. The van der Waals surface area contributed by atoms with E-state index in [0.717, 1.165) is 35.2 Å². The molecule has 2 N–H and O–H groups in total. The van der Waals surface area contributed by atoms with Crippen LogP contribution < -0.4 is 5.32 Å². The number of fused-ring (bicyclic) bond motifs is 1. The molecule has 1 fully saturated rings. The molecular weight excluding hydrogens is 510 g/mol. The molecule has 11 nitrogen and oxygen atoms in total. The van der Waals surface area contributed by atoms with E-state index >= 15 is 0 Å².